The highest BCUT2D eigenvalue weighted by Gasteiger charge is 2.06. The maximum Gasteiger partial charge on any atom is 0.191 e. The number of ether oxygens (including phenoxy) is 1. The van der Waals surface area contributed by atoms with Crippen LogP contribution in [-0.4, -0.2) is 35.9 Å². The zero-order chi connectivity index (χ0) is 15.8. The predicted octanol–water partition coefficient (Wildman–Crippen LogP) is 2.47. The first-order chi connectivity index (χ1) is 10.7. The van der Waals surface area contributed by atoms with Crippen molar-refractivity contribution in [1.29, 1.82) is 0 Å². The lowest BCUT2D eigenvalue weighted by Crippen LogP contribution is -2.41. The van der Waals surface area contributed by atoms with Gasteiger partial charge in [-0.1, -0.05) is 12.1 Å². The normalized spacial score (nSPS) is 12.2. The molecule has 0 spiro atoms. The summed E-state index contributed by atoms with van der Waals surface area (Å²) in [5.74, 6) is 1.61. The average Bonchev–Trinajstić information content (AvgIpc) is 3.01. The number of aromatic amines is 1. The van der Waals surface area contributed by atoms with Crippen molar-refractivity contribution in [2.75, 3.05) is 13.6 Å². The first-order valence-electron chi connectivity index (χ1n) is 7.33. The Morgan fingerprint density at radius 3 is 2.83 bits per heavy atom. The van der Waals surface area contributed by atoms with Crippen LogP contribution in [0.5, 0.6) is 5.75 Å². The highest BCUT2D eigenvalue weighted by molar-refractivity contribution is 14.0. The van der Waals surface area contributed by atoms with Crippen LogP contribution in [0.1, 0.15) is 18.2 Å². The minimum Gasteiger partial charge on any atom is -0.489 e. The molecule has 0 aliphatic heterocycles. The van der Waals surface area contributed by atoms with Crippen molar-refractivity contribution in [3.8, 4) is 5.75 Å². The van der Waals surface area contributed by atoms with Gasteiger partial charge in [0.25, 0.3) is 0 Å². The summed E-state index contributed by atoms with van der Waals surface area (Å²) >= 11 is 0. The number of aliphatic imine (C=N–C) groups is 1. The molecule has 0 saturated carbocycles. The van der Waals surface area contributed by atoms with Gasteiger partial charge in [0, 0.05) is 13.2 Å². The topological polar surface area (TPSA) is 74.3 Å². The number of aromatic nitrogens is 2. The molecule has 0 aliphatic carbocycles. The molecule has 0 bridgehead atoms. The molecule has 0 amide bonds. The fourth-order valence-corrected chi connectivity index (χ4v) is 1.99. The van der Waals surface area contributed by atoms with Crippen LogP contribution >= 0.6 is 24.0 Å². The lowest BCUT2D eigenvalue weighted by Gasteiger charge is -2.17. The molecule has 1 atom stereocenters. The lowest BCUT2D eigenvalue weighted by atomic mass is 10.2. The third kappa shape index (κ3) is 6.89. The molecular weight excluding hydrogens is 405 g/mol. The predicted molar refractivity (Wildman–Crippen MR) is 103 cm³/mol. The van der Waals surface area contributed by atoms with Gasteiger partial charge in [0.1, 0.15) is 11.9 Å². The summed E-state index contributed by atoms with van der Waals surface area (Å²) in [6, 6.07) is 9.97. The van der Waals surface area contributed by atoms with Crippen LogP contribution in [0, 0.1) is 6.92 Å². The quantitative estimate of drug-likeness (QED) is 0.375. The van der Waals surface area contributed by atoms with Gasteiger partial charge < -0.3 is 15.4 Å². The molecule has 7 heteroatoms. The van der Waals surface area contributed by atoms with E-state index in [-0.39, 0.29) is 30.1 Å². The minimum absolute atomic E-state index is 0. The minimum atomic E-state index is 0. The molecule has 0 saturated heterocycles. The van der Waals surface area contributed by atoms with Crippen molar-refractivity contribution >= 4 is 29.9 Å². The summed E-state index contributed by atoms with van der Waals surface area (Å²) in [4.78, 5) is 4.19. The maximum absolute atomic E-state index is 5.88. The van der Waals surface area contributed by atoms with Crippen molar-refractivity contribution in [2.24, 2.45) is 4.99 Å². The van der Waals surface area contributed by atoms with Crippen LogP contribution in [-0.2, 0) is 6.54 Å². The molecule has 23 heavy (non-hydrogen) atoms. The Labute approximate surface area is 154 Å². The van der Waals surface area contributed by atoms with Crippen LogP contribution in [0.25, 0.3) is 0 Å². The van der Waals surface area contributed by atoms with E-state index in [0.29, 0.717) is 13.1 Å². The van der Waals surface area contributed by atoms with E-state index in [4.69, 9.17) is 4.74 Å². The van der Waals surface area contributed by atoms with Gasteiger partial charge in [-0.3, -0.25) is 10.1 Å². The standard InChI is InChI=1S/C16H23N5O.HI/c1-12-5-4-6-15(9-12)22-13(2)10-18-16(17-3)19-11-14-7-8-20-21-14;/h4-9,13H,10-11H2,1-3H3,(H,20,21)(H2,17,18,19);1H. The van der Waals surface area contributed by atoms with E-state index >= 15 is 0 Å². The molecular formula is C16H24IN5O. The number of rotatable bonds is 6. The average molecular weight is 429 g/mol. The Hall–Kier alpha value is -1.77. The number of aryl methyl sites for hydroxylation is 1. The van der Waals surface area contributed by atoms with E-state index in [0.717, 1.165) is 17.4 Å². The molecule has 3 N–H and O–H groups in total. The molecule has 0 radical (unpaired) electrons. The van der Waals surface area contributed by atoms with Crippen molar-refractivity contribution in [3.63, 3.8) is 0 Å². The van der Waals surface area contributed by atoms with Crippen LogP contribution in [0.2, 0.25) is 0 Å². The van der Waals surface area contributed by atoms with Gasteiger partial charge in [0.2, 0.25) is 0 Å². The van der Waals surface area contributed by atoms with Crippen LogP contribution < -0.4 is 15.4 Å². The van der Waals surface area contributed by atoms with E-state index in [2.05, 4.69) is 38.8 Å². The zero-order valence-electron chi connectivity index (χ0n) is 13.7. The van der Waals surface area contributed by atoms with Gasteiger partial charge >= 0.3 is 0 Å². The number of benzene rings is 1. The van der Waals surface area contributed by atoms with Gasteiger partial charge in [-0.05, 0) is 37.6 Å². The first-order valence-corrected chi connectivity index (χ1v) is 7.33. The summed E-state index contributed by atoms with van der Waals surface area (Å²) in [5, 5.41) is 13.3. The maximum atomic E-state index is 5.88. The highest BCUT2D eigenvalue weighted by Crippen LogP contribution is 2.13. The van der Waals surface area contributed by atoms with Crippen molar-refractivity contribution in [2.45, 2.75) is 26.5 Å². The third-order valence-corrected chi connectivity index (χ3v) is 3.11. The zero-order valence-corrected chi connectivity index (χ0v) is 16.0. The Morgan fingerprint density at radius 2 is 2.17 bits per heavy atom. The van der Waals surface area contributed by atoms with Gasteiger partial charge in [0.05, 0.1) is 18.8 Å². The summed E-state index contributed by atoms with van der Waals surface area (Å²) in [6.07, 6.45) is 1.76. The summed E-state index contributed by atoms with van der Waals surface area (Å²) in [5.41, 5.74) is 2.20. The molecule has 1 aromatic heterocycles. The number of H-pyrrole nitrogens is 1. The molecule has 2 rings (SSSR count). The Balaban J connectivity index is 0.00000264. The highest BCUT2D eigenvalue weighted by atomic mass is 127. The van der Waals surface area contributed by atoms with Gasteiger partial charge in [-0.25, -0.2) is 0 Å². The lowest BCUT2D eigenvalue weighted by molar-refractivity contribution is 0.223. The fourth-order valence-electron chi connectivity index (χ4n) is 1.99. The number of nitrogens with zero attached hydrogens (tertiary/aromatic N) is 2. The van der Waals surface area contributed by atoms with Gasteiger partial charge in [-0.15, -0.1) is 24.0 Å². The molecule has 0 fully saturated rings. The summed E-state index contributed by atoms with van der Waals surface area (Å²) in [6.45, 7) is 5.39. The number of guanidine groups is 1. The van der Waals surface area contributed by atoms with Crippen molar-refractivity contribution in [3.05, 3.63) is 47.8 Å². The number of hydrogen-bond donors (Lipinski definition) is 3. The van der Waals surface area contributed by atoms with E-state index < -0.39 is 0 Å². The van der Waals surface area contributed by atoms with Crippen LogP contribution in [0.3, 0.4) is 0 Å². The second-order valence-electron chi connectivity index (χ2n) is 5.13. The number of nitrogens with one attached hydrogen (secondary N) is 3. The second kappa shape index (κ2) is 10.1. The molecule has 1 heterocycles. The molecule has 1 unspecified atom stereocenters. The largest absolute Gasteiger partial charge is 0.489 e. The number of halogens is 1. The SMILES string of the molecule is CN=C(NCc1ccn[nH]1)NCC(C)Oc1cccc(C)c1.I. The molecule has 2 aromatic rings. The van der Waals surface area contributed by atoms with Crippen molar-refractivity contribution in [1.82, 2.24) is 20.8 Å². The van der Waals surface area contributed by atoms with Crippen molar-refractivity contribution < 1.29 is 4.74 Å². The molecule has 126 valence electrons. The third-order valence-electron chi connectivity index (χ3n) is 3.11. The Morgan fingerprint density at radius 1 is 1.35 bits per heavy atom. The van der Waals surface area contributed by atoms with E-state index in [1.807, 2.05) is 31.2 Å². The summed E-state index contributed by atoms with van der Waals surface area (Å²) in [7, 11) is 1.74. The Bertz CT molecular complexity index is 600. The monoisotopic (exact) mass is 429 g/mol. The smallest absolute Gasteiger partial charge is 0.191 e. The van der Waals surface area contributed by atoms with Crippen LogP contribution in [0.4, 0.5) is 0 Å². The fraction of sp³-hybridized carbons (Fsp3) is 0.375. The van der Waals surface area contributed by atoms with E-state index in [9.17, 15) is 0 Å². The van der Waals surface area contributed by atoms with Gasteiger partial charge in [0.15, 0.2) is 5.96 Å². The molecule has 0 aliphatic rings. The second-order valence-corrected chi connectivity index (χ2v) is 5.13. The van der Waals surface area contributed by atoms with Gasteiger partial charge in [-0.2, -0.15) is 5.10 Å². The first kappa shape index (κ1) is 19.3. The van der Waals surface area contributed by atoms with Crippen LogP contribution in [0.15, 0.2) is 41.5 Å². The van der Waals surface area contributed by atoms with E-state index in [1.165, 1.54) is 5.56 Å². The molecule has 1 aromatic carbocycles. The Kier molecular flexibility index (Phi) is 8.46. The summed E-state index contributed by atoms with van der Waals surface area (Å²) < 4.78 is 5.88. The number of hydrogen-bond acceptors (Lipinski definition) is 3. The molecule has 6 nitrogen and oxygen atoms in total. The van der Waals surface area contributed by atoms with E-state index in [1.54, 1.807) is 13.2 Å².